The first kappa shape index (κ1) is 12.9. The van der Waals surface area contributed by atoms with E-state index in [1.807, 2.05) is 20.8 Å². The summed E-state index contributed by atoms with van der Waals surface area (Å²) in [6.45, 7) is 5.85. The summed E-state index contributed by atoms with van der Waals surface area (Å²) in [4.78, 5) is 14.9. The molecular weight excluding hydrogens is 302 g/mol. The first-order valence-electron chi connectivity index (χ1n) is 5.58. The molecule has 3 rings (SSSR count). The molecule has 0 aromatic carbocycles. The van der Waals surface area contributed by atoms with Gasteiger partial charge in [-0.2, -0.15) is 0 Å². The molecule has 0 saturated carbocycles. The minimum atomic E-state index is 0.247. The van der Waals surface area contributed by atoms with Crippen LogP contribution < -0.4 is 0 Å². The van der Waals surface area contributed by atoms with E-state index >= 15 is 0 Å². The summed E-state index contributed by atoms with van der Waals surface area (Å²) >= 11 is 8.93. The fourth-order valence-electron chi connectivity index (χ4n) is 1.64. The van der Waals surface area contributed by atoms with Crippen LogP contribution in [0.3, 0.4) is 0 Å². The molecule has 19 heavy (non-hydrogen) atoms. The minimum absolute atomic E-state index is 0.247. The van der Waals surface area contributed by atoms with E-state index < -0.39 is 0 Å². The molecule has 0 N–H and O–H groups in total. The van der Waals surface area contributed by atoms with Gasteiger partial charge in [-0.05, 0) is 50.2 Å². The zero-order valence-electron chi connectivity index (χ0n) is 10.5. The number of hydrogen-bond donors (Lipinski definition) is 0. The van der Waals surface area contributed by atoms with E-state index in [1.54, 1.807) is 11.3 Å². The van der Waals surface area contributed by atoms with Gasteiger partial charge in [-0.1, -0.05) is 0 Å². The van der Waals surface area contributed by atoms with Gasteiger partial charge in [-0.15, -0.1) is 11.3 Å². The average molecular weight is 312 g/mol. The highest BCUT2D eigenvalue weighted by Crippen LogP contribution is 2.35. The van der Waals surface area contributed by atoms with Gasteiger partial charge in [0.2, 0.25) is 5.28 Å². The molecule has 98 valence electrons. The predicted octanol–water partition coefficient (Wildman–Crippen LogP) is 4.41. The summed E-state index contributed by atoms with van der Waals surface area (Å²) in [5.41, 5.74) is 0.889. The predicted molar refractivity (Wildman–Crippen MR) is 77.3 cm³/mol. The van der Waals surface area contributed by atoms with E-state index in [0.717, 1.165) is 26.7 Å². The molecule has 4 nitrogen and oxygen atoms in total. The third-order valence-electron chi connectivity index (χ3n) is 2.65. The number of aromatic nitrogens is 3. The number of aryl methyl sites for hydroxylation is 3. The van der Waals surface area contributed by atoms with Crippen molar-refractivity contribution < 1.29 is 4.42 Å². The number of hydrogen-bond acceptors (Lipinski definition) is 6. The maximum Gasteiger partial charge on any atom is 0.262 e. The minimum Gasteiger partial charge on any atom is -0.436 e. The van der Waals surface area contributed by atoms with Crippen molar-refractivity contribution in [2.24, 2.45) is 0 Å². The molecule has 0 atom stereocenters. The van der Waals surface area contributed by atoms with Crippen molar-refractivity contribution in [3.63, 3.8) is 0 Å². The molecule has 0 fully saturated rings. The van der Waals surface area contributed by atoms with E-state index in [2.05, 4.69) is 21.0 Å². The molecule has 3 aromatic rings. The van der Waals surface area contributed by atoms with Crippen molar-refractivity contribution in [3.05, 3.63) is 27.7 Å². The lowest BCUT2D eigenvalue weighted by Gasteiger charge is -1.99. The Kier molecular flexibility index (Phi) is 3.24. The van der Waals surface area contributed by atoms with Crippen LogP contribution in [0.15, 0.2) is 20.7 Å². The maximum atomic E-state index is 5.96. The Bertz CT molecular complexity index is 746. The summed E-state index contributed by atoms with van der Waals surface area (Å²) in [5.74, 6) is 0.820. The van der Waals surface area contributed by atoms with Gasteiger partial charge in [0.25, 0.3) is 5.22 Å². The number of fused-ring (bicyclic) bond motifs is 1. The van der Waals surface area contributed by atoms with Crippen LogP contribution in [-0.2, 0) is 0 Å². The average Bonchev–Trinajstić information content (AvgIpc) is 2.82. The highest BCUT2D eigenvalue weighted by atomic mass is 35.5. The van der Waals surface area contributed by atoms with Gasteiger partial charge in [0.15, 0.2) is 0 Å². The third-order valence-corrected chi connectivity index (χ3v) is 4.61. The molecule has 3 heterocycles. The van der Waals surface area contributed by atoms with Crippen LogP contribution in [0.4, 0.5) is 0 Å². The molecule has 0 radical (unpaired) electrons. The van der Waals surface area contributed by atoms with Crippen LogP contribution in [0, 0.1) is 20.8 Å². The smallest absolute Gasteiger partial charge is 0.262 e. The highest BCUT2D eigenvalue weighted by molar-refractivity contribution is 7.99. The summed E-state index contributed by atoms with van der Waals surface area (Å²) in [6, 6.07) is 2.06. The lowest BCUT2D eigenvalue weighted by molar-refractivity contribution is 0.431. The van der Waals surface area contributed by atoms with E-state index in [-0.39, 0.29) is 5.28 Å². The first-order valence-corrected chi connectivity index (χ1v) is 7.59. The summed E-state index contributed by atoms with van der Waals surface area (Å²) in [7, 11) is 0. The van der Waals surface area contributed by atoms with Gasteiger partial charge in [-0.25, -0.2) is 15.0 Å². The van der Waals surface area contributed by atoms with Crippen LogP contribution in [0.2, 0.25) is 5.28 Å². The Balaban J connectivity index is 2.08. The Morgan fingerprint density at radius 3 is 2.68 bits per heavy atom. The molecule has 0 amide bonds. The van der Waals surface area contributed by atoms with Crippen molar-refractivity contribution >= 4 is 44.9 Å². The number of rotatable bonds is 2. The topological polar surface area (TPSA) is 51.8 Å². The standard InChI is InChI=1S/C12H10ClN3OS2/c1-5-4-8-9(18-5)15-11(13)16-10(8)19-12-14-6(2)7(3)17-12/h4H,1-3H3. The van der Waals surface area contributed by atoms with Crippen molar-refractivity contribution in [1.82, 2.24) is 15.0 Å². The molecule has 7 heteroatoms. The molecule has 0 saturated heterocycles. The van der Waals surface area contributed by atoms with E-state index in [9.17, 15) is 0 Å². The van der Waals surface area contributed by atoms with Crippen LogP contribution >= 0.6 is 34.7 Å². The van der Waals surface area contributed by atoms with Gasteiger partial charge >= 0.3 is 0 Å². The highest BCUT2D eigenvalue weighted by Gasteiger charge is 2.14. The van der Waals surface area contributed by atoms with Crippen molar-refractivity contribution in [1.29, 1.82) is 0 Å². The number of nitrogens with zero attached hydrogens (tertiary/aromatic N) is 3. The number of oxazole rings is 1. The summed E-state index contributed by atoms with van der Waals surface area (Å²) in [5, 5.41) is 2.60. The second-order valence-electron chi connectivity index (χ2n) is 4.10. The second-order valence-corrected chi connectivity index (χ2v) is 6.61. The largest absolute Gasteiger partial charge is 0.436 e. The zero-order chi connectivity index (χ0) is 13.6. The number of thiophene rings is 1. The molecule has 0 aliphatic heterocycles. The maximum absolute atomic E-state index is 5.96. The fourth-order valence-corrected chi connectivity index (χ4v) is 3.76. The van der Waals surface area contributed by atoms with Crippen molar-refractivity contribution in [2.45, 2.75) is 31.0 Å². The molecule has 0 spiro atoms. The summed E-state index contributed by atoms with van der Waals surface area (Å²) in [6.07, 6.45) is 0. The normalized spacial score (nSPS) is 11.4. The van der Waals surface area contributed by atoms with Gasteiger partial charge in [0, 0.05) is 10.3 Å². The van der Waals surface area contributed by atoms with E-state index in [0.29, 0.717) is 5.22 Å². The van der Waals surface area contributed by atoms with E-state index in [1.165, 1.54) is 16.6 Å². The molecule has 0 unspecified atom stereocenters. The Morgan fingerprint density at radius 2 is 2.00 bits per heavy atom. The first-order chi connectivity index (χ1) is 9.02. The van der Waals surface area contributed by atoms with Gasteiger partial charge in [-0.3, -0.25) is 0 Å². The third kappa shape index (κ3) is 2.48. The molecular formula is C12H10ClN3OS2. The fraction of sp³-hybridized carbons (Fsp3) is 0.250. The lowest BCUT2D eigenvalue weighted by Crippen LogP contribution is -1.86. The quantitative estimate of drug-likeness (QED) is 0.518. The van der Waals surface area contributed by atoms with Gasteiger partial charge < -0.3 is 4.42 Å². The van der Waals surface area contributed by atoms with E-state index in [4.69, 9.17) is 16.0 Å². The van der Waals surface area contributed by atoms with Gasteiger partial charge in [0.05, 0.1) is 5.69 Å². The Morgan fingerprint density at radius 1 is 1.21 bits per heavy atom. The summed E-state index contributed by atoms with van der Waals surface area (Å²) < 4.78 is 5.57. The Hall–Kier alpha value is -1.11. The van der Waals surface area contributed by atoms with Crippen LogP contribution in [0.5, 0.6) is 0 Å². The Labute approximate surface area is 123 Å². The van der Waals surface area contributed by atoms with Gasteiger partial charge in [0.1, 0.15) is 15.6 Å². The SMILES string of the molecule is Cc1cc2c(Sc3nc(C)c(C)o3)nc(Cl)nc2s1. The monoisotopic (exact) mass is 311 g/mol. The van der Waals surface area contributed by atoms with Crippen LogP contribution in [0.25, 0.3) is 10.2 Å². The van der Waals surface area contributed by atoms with Crippen molar-refractivity contribution in [2.75, 3.05) is 0 Å². The van der Waals surface area contributed by atoms with Crippen LogP contribution in [0.1, 0.15) is 16.3 Å². The lowest BCUT2D eigenvalue weighted by atomic mass is 10.4. The molecule has 0 aliphatic carbocycles. The number of halogens is 1. The molecule has 0 bridgehead atoms. The zero-order valence-corrected chi connectivity index (χ0v) is 12.9. The van der Waals surface area contributed by atoms with Crippen LogP contribution in [-0.4, -0.2) is 15.0 Å². The second kappa shape index (κ2) is 4.77. The molecule has 3 aromatic heterocycles. The van der Waals surface area contributed by atoms with Crippen molar-refractivity contribution in [3.8, 4) is 0 Å². The molecule has 0 aliphatic rings.